The van der Waals surface area contributed by atoms with Crippen molar-refractivity contribution in [1.29, 1.82) is 0 Å². The van der Waals surface area contributed by atoms with Crippen molar-refractivity contribution in [3.63, 3.8) is 0 Å². The van der Waals surface area contributed by atoms with Gasteiger partial charge in [-0.15, -0.1) is 0 Å². The predicted octanol–water partition coefficient (Wildman–Crippen LogP) is 4.00. The number of benzene rings is 2. The highest BCUT2D eigenvalue weighted by Crippen LogP contribution is 2.48. The molecule has 2 aliphatic heterocycles. The molecule has 1 N–H and O–H groups in total. The van der Waals surface area contributed by atoms with E-state index in [1.54, 1.807) is 36.3 Å². The zero-order valence-electron chi connectivity index (χ0n) is 18.8. The van der Waals surface area contributed by atoms with Gasteiger partial charge in [-0.25, -0.2) is 0 Å². The summed E-state index contributed by atoms with van der Waals surface area (Å²) in [5.41, 5.74) is 2.17. The smallest absolute Gasteiger partial charge is 0.295 e. The Morgan fingerprint density at radius 2 is 1.88 bits per heavy atom. The monoisotopic (exact) mass is 449 g/mol. The van der Waals surface area contributed by atoms with Crippen LogP contribution in [0.25, 0.3) is 5.76 Å². The number of aliphatic hydroxyl groups is 1. The fraction of sp³-hybridized carbons (Fsp3) is 0.385. The van der Waals surface area contributed by atoms with Gasteiger partial charge in [-0.2, -0.15) is 0 Å². The molecular weight excluding hydrogens is 422 g/mol. The molecule has 0 bridgehead atoms. The second-order valence-corrected chi connectivity index (χ2v) is 8.65. The zero-order valence-corrected chi connectivity index (χ0v) is 18.8. The lowest BCUT2D eigenvalue weighted by Gasteiger charge is -2.31. The molecule has 1 amide bonds. The van der Waals surface area contributed by atoms with Gasteiger partial charge in [0.2, 0.25) is 0 Å². The van der Waals surface area contributed by atoms with E-state index in [9.17, 15) is 14.7 Å². The number of hydrogen-bond donors (Lipinski definition) is 1. The van der Waals surface area contributed by atoms with Crippen molar-refractivity contribution in [3.8, 4) is 17.2 Å². The van der Waals surface area contributed by atoms with Crippen molar-refractivity contribution < 1.29 is 28.9 Å². The number of carbonyl (C=O) groups excluding carboxylic acids is 2. The quantitative estimate of drug-likeness (QED) is 0.422. The SMILES string of the molecule is COc1cccc(C2/C(=C(\O)c3ccc4c(c3)CCO4)C(=O)C(=O)N2C2CCCC2)c1OC. The van der Waals surface area contributed by atoms with Crippen molar-refractivity contribution >= 4 is 17.4 Å². The van der Waals surface area contributed by atoms with Crippen molar-refractivity contribution in [2.75, 3.05) is 20.8 Å². The summed E-state index contributed by atoms with van der Waals surface area (Å²) in [5, 5.41) is 11.4. The van der Waals surface area contributed by atoms with Crippen molar-refractivity contribution in [2.45, 2.75) is 44.2 Å². The van der Waals surface area contributed by atoms with Crippen LogP contribution in [0.1, 0.15) is 48.4 Å². The Kier molecular flexibility index (Phi) is 5.48. The highest BCUT2D eigenvalue weighted by atomic mass is 16.5. The number of likely N-dealkylation sites (tertiary alicyclic amines) is 1. The van der Waals surface area contributed by atoms with Crippen LogP contribution >= 0.6 is 0 Å². The number of ether oxygens (including phenoxy) is 3. The third-order valence-corrected chi connectivity index (χ3v) is 6.89. The van der Waals surface area contributed by atoms with Crippen LogP contribution in [0.5, 0.6) is 17.2 Å². The summed E-state index contributed by atoms with van der Waals surface area (Å²) < 4.78 is 16.7. The number of aliphatic hydroxyl groups excluding tert-OH is 1. The van der Waals surface area contributed by atoms with Crippen LogP contribution in [0, 0.1) is 0 Å². The van der Waals surface area contributed by atoms with E-state index >= 15 is 0 Å². The molecule has 5 rings (SSSR count). The van der Waals surface area contributed by atoms with Gasteiger partial charge in [-0.3, -0.25) is 9.59 Å². The zero-order chi connectivity index (χ0) is 23.1. The van der Waals surface area contributed by atoms with E-state index in [-0.39, 0.29) is 17.4 Å². The third kappa shape index (κ3) is 3.43. The molecule has 0 radical (unpaired) electrons. The molecule has 2 fully saturated rings. The van der Waals surface area contributed by atoms with Crippen LogP contribution in [-0.2, 0) is 16.0 Å². The lowest BCUT2D eigenvalue weighted by atomic mass is 9.93. The highest BCUT2D eigenvalue weighted by Gasteiger charge is 2.50. The first-order valence-electron chi connectivity index (χ1n) is 11.3. The molecule has 33 heavy (non-hydrogen) atoms. The Hall–Kier alpha value is -3.48. The fourth-order valence-corrected chi connectivity index (χ4v) is 5.33. The van der Waals surface area contributed by atoms with E-state index in [4.69, 9.17) is 14.2 Å². The van der Waals surface area contributed by atoms with Crippen LogP contribution in [0.15, 0.2) is 42.0 Å². The summed E-state index contributed by atoms with van der Waals surface area (Å²) in [4.78, 5) is 28.3. The van der Waals surface area contributed by atoms with Crippen LogP contribution in [-0.4, -0.2) is 48.6 Å². The number of Topliss-reactive ketones (excluding diaryl/α,β-unsaturated/α-hetero) is 1. The van der Waals surface area contributed by atoms with E-state index in [0.717, 1.165) is 43.4 Å². The molecule has 0 spiro atoms. The van der Waals surface area contributed by atoms with Gasteiger partial charge in [0.25, 0.3) is 11.7 Å². The molecule has 7 heteroatoms. The lowest BCUT2D eigenvalue weighted by molar-refractivity contribution is -0.141. The third-order valence-electron chi connectivity index (χ3n) is 6.89. The molecule has 2 aromatic rings. The largest absolute Gasteiger partial charge is 0.507 e. The number of carbonyl (C=O) groups is 2. The van der Waals surface area contributed by atoms with E-state index < -0.39 is 17.7 Å². The van der Waals surface area contributed by atoms with Crippen molar-refractivity contribution in [3.05, 3.63) is 58.7 Å². The van der Waals surface area contributed by atoms with Crippen molar-refractivity contribution in [1.82, 2.24) is 4.90 Å². The normalized spacial score (nSPS) is 21.9. The second-order valence-electron chi connectivity index (χ2n) is 8.65. The maximum atomic E-state index is 13.4. The molecule has 1 saturated carbocycles. The van der Waals surface area contributed by atoms with E-state index in [1.807, 2.05) is 12.1 Å². The van der Waals surface area contributed by atoms with Gasteiger partial charge in [-0.05, 0) is 42.7 Å². The number of ketones is 1. The Labute approximate surface area is 192 Å². The number of rotatable bonds is 5. The molecule has 0 aromatic heterocycles. The minimum atomic E-state index is -0.761. The van der Waals surface area contributed by atoms with Gasteiger partial charge in [-0.1, -0.05) is 25.0 Å². The first kappa shape index (κ1) is 21.4. The van der Waals surface area contributed by atoms with Crippen LogP contribution < -0.4 is 14.2 Å². The maximum Gasteiger partial charge on any atom is 0.295 e. The summed E-state index contributed by atoms with van der Waals surface area (Å²) in [6.45, 7) is 0.590. The van der Waals surface area contributed by atoms with E-state index in [2.05, 4.69) is 0 Å². The standard InChI is InChI=1S/C26H27NO6/c1-31-20-9-5-8-18(25(20)32-2)22-21(24(29)26(30)27(22)17-6-3-4-7-17)23(28)16-10-11-19-15(14-16)12-13-33-19/h5,8-11,14,17,22,28H,3-4,6-7,12-13H2,1-2H3/b23-21+. The second kappa shape index (κ2) is 8.46. The van der Waals surface area contributed by atoms with Gasteiger partial charge >= 0.3 is 0 Å². The summed E-state index contributed by atoms with van der Waals surface area (Å²) in [7, 11) is 3.08. The Morgan fingerprint density at radius 3 is 2.61 bits per heavy atom. The molecule has 3 aliphatic rings. The average Bonchev–Trinajstić information content (AvgIpc) is 3.58. The fourth-order valence-electron chi connectivity index (χ4n) is 5.33. The molecule has 1 atom stereocenters. The Balaban J connectivity index is 1.71. The number of nitrogens with zero attached hydrogens (tertiary/aromatic N) is 1. The summed E-state index contributed by atoms with van der Waals surface area (Å²) in [6.07, 6.45) is 4.39. The molecule has 1 saturated heterocycles. The maximum absolute atomic E-state index is 13.4. The minimum absolute atomic E-state index is 0.0684. The van der Waals surface area contributed by atoms with E-state index in [0.29, 0.717) is 29.2 Å². The number of hydrogen-bond acceptors (Lipinski definition) is 6. The summed E-state index contributed by atoms with van der Waals surface area (Å²) in [6, 6.07) is 9.92. The Morgan fingerprint density at radius 1 is 1.09 bits per heavy atom. The molecule has 7 nitrogen and oxygen atoms in total. The number of fused-ring (bicyclic) bond motifs is 1. The van der Waals surface area contributed by atoms with Crippen LogP contribution in [0.3, 0.4) is 0 Å². The minimum Gasteiger partial charge on any atom is -0.507 e. The van der Waals surface area contributed by atoms with Crippen LogP contribution in [0.4, 0.5) is 0 Å². The lowest BCUT2D eigenvalue weighted by Crippen LogP contribution is -2.37. The first-order chi connectivity index (χ1) is 16.0. The highest BCUT2D eigenvalue weighted by molar-refractivity contribution is 6.46. The van der Waals surface area contributed by atoms with Gasteiger partial charge < -0.3 is 24.2 Å². The average molecular weight is 450 g/mol. The van der Waals surface area contributed by atoms with Gasteiger partial charge in [0.15, 0.2) is 11.5 Å². The number of methoxy groups -OCH3 is 2. The first-order valence-corrected chi connectivity index (χ1v) is 11.3. The summed E-state index contributed by atoms with van der Waals surface area (Å²) in [5.74, 6) is 0.293. The van der Waals surface area contributed by atoms with Gasteiger partial charge in [0, 0.05) is 23.6 Å². The van der Waals surface area contributed by atoms with Crippen LogP contribution in [0.2, 0.25) is 0 Å². The Bertz CT molecular complexity index is 1150. The molecule has 2 heterocycles. The number of para-hydroxylation sites is 1. The van der Waals surface area contributed by atoms with Gasteiger partial charge in [0.1, 0.15) is 11.5 Å². The predicted molar refractivity (Wildman–Crippen MR) is 122 cm³/mol. The number of amides is 1. The molecule has 1 aliphatic carbocycles. The molecule has 2 aromatic carbocycles. The van der Waals surface area contributed by atoms with Gasteiger partial charge in [0.05, 0.1) is 32.4 Å². The molecule has 172 valence electrons. The molecule has 1 unspecified atom stereocenters. The van der Waals surface area contributed by atoms with Crippen molar-refractivity contribution in [2.24, 2.45) is 0 Å². The topological polar surface area (TPSA) is 85.3 Å². The summed E-state index contributed by atoms with van der Waals surface area (Å²) >= 11 is 0. The van der Waals surface area contributed by atoms with E-state index in [1.165, 1.54) is 7.11 Å². The molecular formula is C26H27NO6.